The van der Waals surface area contributed by atoms with Crippen LogP contribution in [0.2, 0.25) is 5.02 Å². The number of nitrogens with zero attached hydrogens (tertiary/aromatic N) is 1. The molecule has 0 saturated heterocycles. The average molecular weight is 468 g/mol. The summed E-state index contributed by atoms with van der Waals surface area (Å²) in [5.41, 5.74) is 2.90. The molecule has 1 amide bonds. The first kappa shape index (κ1) is 19.4. The summed E-state index contributed by atoms with van der Waals surface area (Å²) in [4.78, 5) is 17.1. The van der Waals surface area contributed by atoms with Crippen molar-refractivity contribution in [1.29, 1.82) is 0 Å². The molecule has 29 heavy (non-hydrogen) atoms. The summed E-state index contributed by atoms with van der Waals surface area (Å²) < 4.78 is 6.66. The van der Waals surface area contributed by atoms with Gasteiger partial charge in [0.05, 0.1) is 16.2 Å². The smallest absolute Gasteiger partial charge is 0.255 e. The van der Waals surface area contributed by atoms with Gasteiger partial charge in [-0.2, -0.15) is 0 Å². The summed E-state index contributed by atoms with van der Waals surface area (Å²) in [6, 6.07) is 22.2. The fraction of sp³-hybridized carbons (Fsp3) is 0.0435. The molecule has 0 aliphatic heterocycles. The van der Waals surface area contributed by atoms with E-state index in [0.717, 1.165) is 20.9 Å². The van der Waals surface area contributed by atoms with E-state index in [1.165, 1.54) is 0 Å². The maximum Gasteiger partial charge on any atom is 0.255 e. The van der Waals surface area contributed by atoms with Crippen LogP contribution >= 0.6 is 27.5 Å². The highest BCUT2D eigenvalue weighted by molar-refractivity contribution is 9.10. The van der Waals surface area contributed by atoms with E-state index < -0.39 is 0 Å². The maximum absolute atomic E-state index is 12.7. The monoisotopic (exact) mass is 466 g/mol. The number of pyridine rings is 1. The topological polar surface area (TPSA) is 51.2 Å². The second-order valence-electron chi connectivity index (χ2n) is 6.36. The Morgan fingerprint density at radius 3 is 2.59 bits per heavy atom. The highest BCUT2D eigenvalue weighted by atomic mass is 79.9. The molecule has 144 valence electrons. The van der Waals surface area contributed by atoms with E-state index in [1.807, 2.05) is 54.6 Å². The molecule has 1 aromatic heterocycles. The molecule has 0 fully saturated rings. The highest BCUT2D eigenvalue weighted by Crippen LogP contribution is 2.29. The van der Waals surface area contributed by atoms with Gasteiger partial charge in [-0.05, 0) is 48.0 Å². The van der Waals surface area contributed by atoms with Crippen molar-refractivity contribution < 1.29 is 9.53 Å². The number of hydrogen-bond acceptors (Lipinski definition) is 3. The first-order chi connectivity index (χ1) is 14.1. The largest absolute Gasteiger partial charge is 0.487 e. The van der Waals surface area contributed by atoms with Crippen molar-refractivity contribution >= 4 is 50.0 Å². The van der Waals surface area contributed by atoms with Crippen molar-refractivity contribution in [3.63, 3.8) is 0 Å². The molecule has 1 heterocycles. The molecule has 3 aromatic carbocycles. The second-order valence-corrected chi connectivity index (χ2v) is 7.63. The van der Waals surface area contributed by atoms with Gasteiger partial charge in [0.1, 0.15) is 12.4 Å². The Balaban J connectivity index is 1.46. The van der Waals surface area contributed by atoms with Crippen molar-refractivity contribution in [3.05, 3.63) is 99.6 Å². The number of amides is 1. The van der Waals surface area contributed by atoms with Crippen LogP contribution in [0.1, 0.15) is 15.9 Å². The van der Waals surface area contributed by atoms with Crippen LogP contribution in [0.15, 0.2) is 83.5 Å². The van der Waals surface area contributed by atoms with Crippen LogP contribution < -0.4 is 10.1 Å². The predicted molar refractivity (Wildman–Crippen MR) is 120 cm³/mol. The Labute approximate surface area is 181 Å². The van der Waals surface area contributed by atoms with Crippen molar-refractivity contribution in [2.45, 2.75) is 6.61 Å². The van der Waals surface area contributed by atoms with E-state index in [4.69, 9.17) is 16.3 Å². The number of aromatic nitrogens is 1. The number of benzene rings is 3. The molecule has 0 radical (unpaired) electrons. The first-order valence-electron chi connectivity index (χ1n) is 8.92. The minimum absolute atomic E-state index is 0.196. The summed E-state index contributed by atoms with van der Waals surface area (Å²) in [6.45, 7) is 0.368. The summed E-state index contributed by atoms with van der Waals surface area (Å²) in [5.74, 6) is 0.434. The molecular formula is C23H16BrClN2O2. The van der Waals surface area contributed by atoms with E-state index >= 15 is 0 Å². The van der Waals surface area contributed by atoms with Gasteiger partial charge in [-0.25, -0.2) is 0 Å². The van der Waals surface area contributed by atoms with Crippen molar-refractivity contribution in [3.8, 4) is 5.75 Å². The van der Waals surface area contributed by atoms with E-state index in [-0.39, 0.29) is 5.91 Å². The van der Waals surface area contributed by atoms with Gasteiger partial charge in [-0.3, -0.25) is 9.78 Å². The molecule has 0 bridgehead atoms. The highest BCUT2D eigenvalue weighted by Gasteiger charge is 2.11. The van der Waals surface area contributed by atoms with Gasteiger partial charge in [0.2, 0.25) is 0 Å². The van der Waals surface area contributed by atoms with Crippen LogP contribution in [-0.4, -0.2) is 10.9 Å². The molecule has 0 saturated carbocycles. The molecule has 4 nitrogen and oxygen atoms in total. The lowest BCUT2D eigenvalue weighted by molar-refractivity contribution is 0.102. The number of hydrogen-bond donors (Lipinski definition) is 1. The van der Waals surface area contributed by atoms with Crippen LogP contribution in [0.25, 0.3) is 10.9 Å². The van der Waals surface area contributed by atoms with Crippen LogP contribution in [0.4, 0.5) is 5.69 Å². The van der Waals surface area contributed by atoms with E-state index in [0.29, 0.717) is 28.6 Å². The standard InChI is InChI=1S/C23H16BrClN2O2/c24-18-11-12-20(22-17(18)4-3-13-26-22)27-23(28)16-9-7-15(8-10-16)14-29-21-6-2-1-5-19(21)25/h1-13H,14H2,(H,27,28). The summed E-state index contributed by atoms with van der Waals surface area (Å²) in [7, 11) is 0. The quantitative estimate of drug-likeness (QED) is 0.365. The number of carbonyl (C=O) groups is 1. The van der Waals surface area contributed by atoms with Crippen LogP contribution in [0.3, 0.4) is 0 Å². The molecule has 0 atom stereocenters. The van der Waals surface area contributed by atoms with Gasteiger partial charge in [-0.1, -0.05) is 57.9 Å². The molecule has 0 aliphatic rings. The fourth-order valence-electron chi connectivity index (χ4n) is 2.91. The average Bonchev–Trinajstić information content (AvgIpc) is 2.76. The van der Waals surface area contributed by atoms with E-state index in [9.17, 15) is 4.79 Å². The number of carbonyl (C=O) groups excluding carboxylic acids is 1. The van der Waals surface area contributed by atoms with E-state index in [2.05, 4.69) is 26.2 Å². The zero-order valence-corrected chi connectivity index (χ0v) is 17.6. The third-order valence-electron chi connectivity index (χ3n) is 4.41. The lowest BCUT2D eigenvalue weighted by atomic mass is 10.1. The molecule has 0 unspecified atom stereocenters. The Hall–Kier alpha value is -2.89. The Morgan fingerprint density at radius 1 is 1.00 bits per heavy atom. The minimum Gasteiger partial charge on any atom is -0.487 e. The Bertz CT molecular complexity index is 1180. The molecule has 4 rings (SSSR count). The molecule has 1 N–H and O–H groups in total. The Morgan fingerprint density at radius 2 is 1.79 bits per heavy atom. The van der Waals surface area contributed by atoms with Crippen LogP contribution in [0, 0.1) is 0 Å². The molecule has 4 aromatic rings. The zero-order chi connectivity index (χ0) is 20.2. The number of para-hydroxylation sites is 1. The number of nitrogens with one attached hydrogen (secondary N) is 1. The SMILES string of the molecule is O=C(Nc1ccc(Br)c2cccnc12)c1ccc(COc2ccccc2Cl)cc1. The second kappa shape index (κ2) is 8.64. The minimum atomic E-state index is -0.196. The van der Waals surface area contributed by atoms with Crippen molar-refractivity contribution in [2.24, 2.45) is 0 Å². The van der Waals surface area contributed by atoms with E-state index in [1.54, 1.807) is 24.4 Å². The number of anilines is 1. The maximum atomic E-state index is 12.7. The number of ether oxygens (including phenoxy) is 1. The van der Waals surface area contributed by atoms with Crippen LogP contribution in [0.5, 0.6) is 5.75 Å². The predicted octanol–water partition coefficient (Wildman–Crippen LogP) is 6.48. The Kier molecular flexibility index (Phi) is 5.79. The third-order valence-corrected chi connectivity index (χ3v) is 5.42. The van der Waals surface area contributed by atoms with Crippen LogP contribution in [-0.2, 0) is 6.61 Å². The summed E-state index contributed by atoms with van der Waals surface area (Å²) >= 11 is 9.61. The third kappa shape index (κ3) is 4.42. The zero-order valence-electron chi connectivity index (χ0n) is 15.2. The molecular weight excluding hydrogens is 452 g/mol. The van der Waals surface area contributed by atoms with Gasteiger partial charge in [0.15, 0.2) is 0 Å². The number of halogens is 2. The lowest BCUT2D eigenvalue weighted by Crippen LogP contribution is -2.12. The summed E-state index contributed by atoms with van der Waals surface area (Å²) in [5, 5.41) is 4.45. The molecule has 0 aliphatic carbocycles. The van der Waals surface area contributed by atoms with Gasteiger partial charge in [0.25, 0.3) is 5.91 Å². The number of rotatable bonds is 5. The fourth-order valence-corrected chi connectivity index (χ4v) is 3.55. The number of fused-ring (bicyclic) bond motifs is 1. The molecule has 0 spiro atoms. The van der Waals surface area contributed by atoms with Gasteiger partial charge >= 0.3 is 0 Å². The van der Waals surface area contributed by atoms with Gasteiger partial charge in [0, 0.05) is 21.6 Å². The van der Waals surface area contributed by atoms with Gasteiger partial charge in [-0.15, -0.1) is 0 Å². The normalized spacial score (nSPS) is 10.7. The first-order valence-corrected chi connectivity index (χ1v) is 10.1. The summed E-state index contributed by atoms with van der Waals surface area (Å²) in [6.07, 6.45) is 1.71. The van der Waals surface area contributed by atoms with Crippen molar-refractivity contribution in [2.75, 3.05) is 5.32 Å². The molecule has 6 heteroatoms. The van der Waals surface area contributed by atoms with Gasteiger partial charge < -0.3 is 10.1 Å². The lowest BCUT2D eigenvalue weighted by Gasteiger charge is -2.10. The van der Waals surface area contributed by atoms with Crippen molar-refractivity contribution in [1.82, 2.24) is 4.98 Å².